The van der Waals surface area contributed by atoms with Gasteiger partial charge in [-0.1, -0.05) is 36.4 Å². The number of benzene rings is 3. The summed E-state index contributed by atoms with van der Waals surface area (Å²) in [5.74, 6) is -0.793. The minimum absolute atomic E-state index is 0.300. The second kappa shape index (κ2) is 7.52. The number of nitro benzene ring substituents is 1. The van der Waals surface area contributed by atoms with Crippen molar-refractivity contribution in [1.82, 2.24) is 5.43 Å². The summed E-state index contributed by atoms with van der Waals surface area (Å²) < 4.78 is 5.27. The van der Waals surface area contributed by atoms with Crippen molar-refractivity contribution in [1.29, 1.82) is 0 Å². The molecule has 8 nitrogen and oxygen atoms in total. The van der Waals surface area contributed by atoms with Crippen LogP contribution in [0, 0.1) is 10.1 Å². The molecule has 27 heavy (non-hydrogen) atoms. The van der Waals surface area contributed by atoms with Crippen molar-refractivity contribution in [3.05, 3.63) is 75.8 Å². The number of hydrogen-bond acceptors (Lipinski definition) is 6. The second-order valence-electron chi connectivity index (χ2n) is 5.58. The smallest absolute Gasteiger partial charge is 0.275 e. The molecule has 1 amide bonds. The Morgan fingerprint density at radius 3 is 2.52 bits per heavy atom. The third-order valence-corrected chi connectivity index (χ3v) is 3.87. The molecular weight excluding hydrogens is 350 g/mol. The molecule has 3 aromatic rings. The molecule has 0 fully saturated rings. The quantitative estimate of drug-likeness (QED) is 0.424. The predicted molar refractivity (Wildman–Crippen MR) is 98.1 cm³/mol. The highest BCUT2D eigenvalue weighted by Crippen LogP contribution is 2.26. The summed E-state index contributed by atoms with van der Waals surface area (Å²) in [4.78, 5) is 22.5. The third-order valence-electron chi connectivity index (χ3n) is 3.87. The number of rotatable bonds is 5. The Kier molecular flexibility index (Phi) is 4.98. The number of carbonyl (C=O) groups excluding carboxylic acids is 1. The summed E-state index contributed by atoms with van der Waals surface area (Å²) in [6.45, 7) is 0. The molecule has 0 spiro atoms. The van der Waals surface area contributed by atoms with E-state index in [0.717, 1.165) is 22.9 Å². The number of nitro groups is 1. The number of nitrogens with one attached hydrogen (secondary N) is 1. The van der Waals surface area contributed by atoms with E-state index in [1.54, 1.807) is 12.1 Å². The number of fused-ring (bicyclic) bond motifs is 1. The molecule has 0 saturated carbocycles. The fourth-order valence-corrected chi connectivity index (χ4v) is 2.55. The van der Waals surface area contributed by atoms with Crippen LogP contribution in [0.4, 0.5) is 5.69 Å². The fraction of sp³-hybridized carbons (Fsp3) is 0.0526. The molecule has 0 radical (unpaired) electrons. The van der Waals surface area contributed by atoms with Gasteiger partial charge >= 0.3 is 0 Å². The van der Waals surface area contributed by atoms with Crippen LogP contribution in [0.1, 0.15) is 15.9 Å². The van der Waals surface area contributed by atoms with Crippen LogP contribution in [0.25, 0.3) is 10.8 Å². The highest BCUT2D eigenvalue weighted by Gasteiger charge is 2.13. The maximum Gasteiger partial charge on any atom is 0.275 e. The van der Waals surface area contributed by atoms with Crippen molar-refractivity contribution in [3.8, 4) is 11.5 Å². The van der Waals surface area contributed by atoms with E-state index in [2.05, 4.69) is 10.5 Å². The van der Waals surface area contributed by atoms with Crippen LogP contribution in [0.15, 0.2) is 59.7 Å². The number of hydrazone groups is 1. The molecule has 1 N–H and O–H groups in total. The van der Waals surface area contributed by atoms with Gasteiger partial charge in [-0.2, -0.15) is 5.10 Å². The summed E-state index contributed by atoms with van der Waals surface area (Å²) in [6.07, 6.45) is 1.22. The predicted octanol–water partition coefficient (Wildman–Crippen LogP) is 2.59. The van der Waals surface area contributed by atoms with Crippen LogP contribution in [0.5, 0.6) is 11.5 Å². The average Bonchev–Trinajstić information content (AvgIpc) is 2.67. The number of methoxy groups -OCH3 is 1. The van der Waals surface area contributed by atoms with Gasteiger partial charge in [0, 0.05) is 11.6 Å². The molecule has 136 valence electrons. The van der Waals surface area contributed by atoms with Crippen LogP contribution in [-0.2, 0) is 0 Å². The van der Waals surface area contributed by atoms with Gasteiger partial charge in [-0.25, -0.2) is 5.43 Å². The Hall–Kier alpha value is -3.94. The Balaban J connectivity index is 1.82. The van der Waals surface area contributed by atoms with Crippen LogP contribution in [-0.4, -0.2) is 24.2 Å². The molecule has 8 heteroatoms. The largest absolute Gasteiger partial charge is 0.868 e. The molecule has 0 unspecified atom stereocenters. The van der Waals surface area contributed by atoms with E-state index < -0.39 is 22.3 Å². The van der Waals surface area contributed by atoms with Crippen molar-refractivity contribution >= 4 is 28.6 Å². The minimum Gasteiger partial charge on any atom is -0.868 e. The first-order valence-electron chi connectivity index (χ1n) is 7.85. The van der Waals surface area contributed by atoms with E-state index in [1.807, 2.05) is 24.3 Å². The molecular formula is C19H14N3O5-. The van der Waals surface area contributed by atoms with Gasteiger partial charge in [0.25, 0.3) is 11.6 Å². The first kappa shape index (κ1) is 17.9. The fourth-order valence-electron chi connectivity index (χ4n) is 2.55. The number of ether oxygens (including phenoxy) is 1. The van der Waals surface area contributed by atoms with Gasteiger partial charge in [0.05, 0.1) is 23.8 Å². The SMILES string of the molecule is COc1cc2ccccc2cc1C(=O)N/N=C\c1ccc([O-])c([N+](=O)[O-])c1. The lowest BCUT2D eigenvalue weighted by Gasteiger charge is -2.09. The number of nitrogens with zero attached hydrogens (tertiary/aromatic N) is 2. The first-order chi connectivity index (χ1) is 13.0. The molecule has 0 atom stereocenters. The summed E-state index contributed by atoms with van der Waals surface area (Å²) in [7, 11) is 1.47. The van der Waals surface area contributed by atoms with Gasteiger partial charge in [0.1, 0.15) is 5.75 Å². The lowest BCUT2D eigenvalue weighted by molar-refractivity contribution is -0.398. The Morgan fingerprint density at radius 2 is 1.85 bits per heavy atom. The molecule has 0 heterocycles. The van der Waals surface area contributed by atoms with Gasteiger partial charge < -0.3 is 9.84 Å². The van der Waals surface area contributed by atoms with E-state index in [4.69, 9.17) is 4.74 Å². The Bertz CT molecular complexity index is 1060. The summed E-state index contributed by atoms with van der Waals surface area (Å²) in [5.41, 5.74) is 2.41. The maximum atomic E-state index is 12.4. The molecule has 3 rings (SSSR count). The van der Waals surface area contributed by atoms with Crippen molar-refractivity contribution in [2.75, 3.05) is 7.11 Å². The topological polar surface area (TPSA) is 117 Å². The van der Waals surface area contributed by atoms with Crippen molar-refractivity contribution < 1.29 is 19.6 Å². The van der Waals surface area contributed by atoms with Gasteiger partial charge in [-0.3, -0.25) is 14.9 Å². The monoisotopic (exact) mass is 364 g/mol. The van der Waals surface area contributed by atoms with Crippen molar-refractivity contribution in [2.24, 2.45) is 5.10 Å². The normalized spacial score (nSPS) is 10.9. The zero-order valence-electron chi connectivity index (χ0n) is 14.2. The van der Waals surface area contributed by atoms with Crippen molar-refractivity contribution in [3.63, 3.8) is 0 Å². The van der Waals surface area contributed by atoms with Crippen LogP contribution >= 0.6 is 0 Å². The molecule has 0 aliphatic carbocycles. The molecule has 0 saturated heterocycles. The number of amides is 1. The molecule has 0 bridgehead atoms. The van der Waals surface area contributed by atoms with Gasteiger partial charge in [-0.15, -0.1) is 0 Å². The Labute approximate surface area is 153 Å². The minimum atomic E-state index is -0.766. The number of carbonyl (C=O) groups is 1. The third kappa shape index (κ3) is 3.84. The highest BCUT2D eigenvalue weighted by atomic mass is 16.6. The molecule has 0 aromatic heterocycles. The van der Waals surface area contributed by atoms with Crippen LogP contribution < -0.4 is 15.3 Å². The van der Waals surface area contributed by atoms with Crippen LogP contribution in [0.2, 0.25) is 0 Å². The zero-order valence-corrected chi connectivity index (χ0v) is 14.2. The van der Waals surface area contributed by atoms with E-state index in [9.17, 15) is 20.0 Å². The summed E-state index contributed by atoms with van der Waals surface area (Å²) in [5, 5.41) is 27.8. The van der Waals surface area contributed by atoms with E-state index in [0.29, 0.717) is 16.9 Å². The highest BCUT2D eigenvalue weighted by molar-refractivity contribution is 6.02. The van der Waals surface area contributed by atoms with Crippen molar-refractivity contribution in [2.45, 2.75) is 0 Å². The van der Waals surface area contributed by atoms with Gasteiger partial charge in [0.2, 0.25) is 0 Å². The lowest BCUT2D eigenvalue weighted by atomic mass is 10.1. The summed E-state index contributed by atoms with van der Waals surface area (Å²) in [6, 6.07) is 14.5. The van der Waals surface area contributed by atoms with E-state index in [-0.39, 0.29) is 0 Å². The molecule has 3 aromatic carbocycles. The van der Waals surface area contributed by atoms with Crippen LogP contribution in [0.3, 0.4) is 0 Å². The second-order valence-corrected chi connectivity index (χ2v) is 5.58. The molecule has 0 aliphatic heterocycles. The lowest BCUT2D eigenvalue weighted by Crippen LogP contribution is -2.18. The summed E-state index contributed by atoms with van der Waals surface area (Å²) >= 11 is 0. The standard InChI is InChI=1S/C19H15N3O5/c1-27-18-10-14-5-3-2-4-13(14)9-15(18)19(24)21-20-11-12-6-7-17(23)16(8-12)22(25)26/h2-11,23H,1H3,(H,21,24)/p-1/b20-11-. The van der Waals surface area contributed by atoms with Gasteiger partial charge in [0.15, 0.2) is 0 Å². The maximum absolute atomic E-state index is 12.4. The van der Waals surface area contributed by atoms with E-state index in [1.165, 1.54) is 19.4 Å². The first-order valence-corrected chi connectivity index (χ1v) is 7.85. The van der Waals surface area contributed by atoms with Gasteiger partial charge in [-0.05, 0) is 28.7 Å². The number of hydrogen-bond donors (Lipinski definition) is 1. The molecule has 0 aliphatic rings. The average molecular weight is 364 g/mol. The zero-order chi connectivity index (χ0) is 19.4. The Morgan fingerprint density at radius 1 is 1.15 bits per heavy atom. The van der Waals surface area contributed by atoms with E-state index >= 15 is 0 Å².